The molecule has 3 rings (SSSR count). The average Bonchev–Trinajstić information content (AvgIpc) is 3.13. The van der Waals surface area contributed by atoms with E-state index in [4.69, 9.17) is 5.73 Å². The summed E-state index contributed by atoms with van der Waals surface area (Å²) >= 11 is 3.21. The topological polar surface area (TPSA) is 76.6 Å². The zero-order valence-corrected chi connectivity index (χ0v) is 15.3. The lowest BCUT2D eigenvalue weighted by Gasteiger charge is -2.13. The number of nitrogens with one attached hydrogen (secondary N) is 2. The molecule has 7 heteroatoms. The van der Waals surface area contributed by atoms with E-state index in [1.54, 1.807) is 11.3 Å². The summed E-state index contributed by atoms with van der Waals surface area (Å²) in [4.78, 5) is 27.8. The number of rotatable bonds is 6. The van der Waals surface area contributed by atoms with E-state index in [0.29, 0.717) is 17.1 Å². The molecule has 128 valence electrons. The molecule has 24 heavy (non-hydrogen) atoms. The summed E-state index contributed by atoms with van der Waals surface area (Å²) in [5.74, 6) is -0.519. The van der Waals surface area contributed by atoms with E-state index < -0.39 is 5.91 Å². The number of hydrogen-bond acceptors (Lipinski definition) is 4. The Morgan fingerprint density at radius 2 is 2.12 bits per heavy atom. The molecule has 0 saturated heterocycles. The summed E-state index contributed by atoms with van der Waals surface area (Å²) in [6.07, 6.45) is 4.06. The van der Waals surface area contributed by atoms with Gasteiger partial charge >= 0.3 is 0 Å². The smallest absolute Gasteiger partial charge is 0.280 e. The largest absolute Gasteiger partial charge is 0.365 e. The molecule has 1 atom stereocenters. The molecule has 0 aliphatic heterocycles. The highest BCUT2D eigenvalue weighted by Crippen LogP contribution is 2.37. The van der Waals surface area contributed by atoms with Crippen LogP contribution >= 0.6 is 22.7 Å². The predicted molar refractivity (Wildman–Crippen MR) is 97.9 cm³/mol. The van der Waals surface area contributed by atoms with Crippen molar-refractivity contribution in [3.05, 3.63) is 38.4 Å². The van der Waals surface area contributed by atoms with Gasteiger partial charge in [0.1, 0.15) is 11.5 Å². The second-order valence-electron chi connectivity index (χ2n) is 6.22. The van der Waals surface area contributed by atoms with E-state index in [-0.39, 0.29) is 5.91 Å². The van der Waals surface area contributed by atoms with Gasteiger partial charge in [-0.05, 0) is 42.7 Å². The van der Waals surface area contributed by atoms with Gasteiger partial charge in [0.25, 0.3) is 11.8 Å². The third-order valence-electron chi connectivity index (χ3n) is 4.19. The van der Waals surface area contributed by atoms with Crippen LogP contribution in [0, 0.1) is 0 Å². The molecule has 0 bridgehead atoms. The molecule has 0 spiro atoms. The van der Waals surface area contributed by atoms with Gasteiger partial charge in [-0.3, -0.25) is 9.59 Å². The van der Waals surface area contributed by atoms with Gasteiger partial charge in [0.2, 0.25) is 0 Å². The number of nitrogens with two attached hydrogens (primary N) is 1. The van der Waals surface area contributed by atoms with Crippen LogP contribution in [0.15, 0.2) is 17.5 Å². The molecule has 2 aromatic heterocycles. The van der Waals surface area contributed by atoms with Crippen molar-refractivity contribution in [2.45, 2.75) is 32.2 Å². The maximum Gasteiger partial charge on any atom is 0.280 e. The van der Waals surface area contributed by atoms with Crippen LogP contribution < -0.4 is 16.0 Å². The van der Waals surface area contributed by atoms with Gasteiger partial charge in [-0.25, -0.2) is 0 Å². The van der Waals surface area contributed by atoms with E-state index >= 15 is 0 Å². The monoisotopic (exact) mass is 364 g/mol. The summed E-state index contributed by atoms with van der Waals surface area (Å²) in [7, 11) is 1.99. The van der Waals surface area contributed by atoms with Crippen LogP contribution in [-0.4, -0.2) is 25.4 Å². The van der Waals surface area contributed by atoms with Crippen LogP contribution in [0.2, 0.25) is 0 Å². The second-order valence-corrected chi connectivity index (χ2v) is 8.35. The number of thiophene rings is 2. The average molecular weight is 365 g/mol. The van der Waals surface area contributed by atoms with Crippen LogP contribution in [0.1, 0.15) is 38.5 Å². The number of carbonyl (C=O) groups excluding carboxylic acids is 2. The third-order valence-corrected chi connectivity index (χ3v) is 6.27. The maximum absolute atomic E-state index is 12.4. The molecule has 5 nitrogen and oxygen atoms in total. The molecule has 1 aliphatic carbocycles. The number of fused-ring (bicyclic) bond motifs is 1. The molecule has 4 N–H and O–H groups in total. The Morgan fingerprint density at radius 1 is 1.33 bits per heavy atom. The van der Waals surface area contributed by atoms with Gasteiger partial charge in [-0.2, -0.15) is 0 Å². The Balaban J connectivity index is 1.68. The fourth-order valence-corrected chi connectivity index (χ4v) is 5.26. The Morgan fingerprint density at radius 3 is 2.83 bits per heavy atom. The molecular weight excluding hydrogens is 342 g/mol. The Hall–Kier alpha value is -1.70. The van der Waals surface area contributed by atoms with Crippen LogP contribution in [0.3, 0.4) is 0 Å². The van der Waals surface area contributed by atoms with E-state index in [1.807, 2.05) is 18.5 Å². The van der Waals surface area contributed by atoms with E-state index in [2.05, 4.69) is 11.4 Å². The number of carbonyl (C=O) groups is 2. The fraction of sp³-hybridized carbons (Fsp3) is 0.412. The molecular formula is C17H22N3O2S2+. The minimum Gasteiger partial charge on any atom is -0.365 e. The standard InChI is InChI=1S/C17H21N3O2S2/c1-20(9-11-5-4-8-23-11)10-14(21)19-17-15(16(18)22)12-6-2-3-7-13(12)24-17/h4-5,8H,2-3,6-7,9-10H2,1H3,(H2,18,22)(H,19,21)/p+1. The molecule has 0 saturated carbocycles. The van der Waals surface area contributed by atoms with Crippen molar-refractivity contribution in [2.75, 3.05) is 18.9 Å². The van der Waals surface area contributed by atoms with E-state index in [9.17, 15) is 9.59 Å². The number of amides is 2. The van der Waals surface area contributed by atoms with Gasteiger partial charge in [0.05, 0.1) is 17.5 Å². The van der Waals surface area contributed by atoms with Gasteiger partial charge in [0.15, 0.2) is 6.54 Å². The minimum absolute atomic E-state index is 0.0786. The van der Waals surface area contributed by atoms with Crippen LogP contribution in [0.4, 0.5) is 5.00 Å². The molecule has 1 unspecified atom stereocenters. The zero-order chi connectivity index (χ0) is 17.1. The first-order valence-electron chi connectivity index (χ1n) is 8.12. The lowest BCUT2D eigenvalue weighted by Crippen LogP contribution is -3.08. The van der Waals surface area contributed by atoms with Crippen LogP contribution in [-0.2, 0) is 24.2 Å². The molecule has 0 aromatic carbocycles. The van der Waals surface area contributed by atoms with Gasteiger partial charge in [-0.1, -0.05) is 6.07 Å². The summed E-state index contributed by atoms with van der Waals surface area (Å²) in [5.41, 5.74) is 7.14. The summed E-state index contributed by atoms with van der Waals surface area (Å²) in [6.45, 7) is 1.17. The number of aryl methyl sites for hydroxylation is 1. The number of likely N-dealkylation sites (N-methyl/N-ethyl adjacent to an activating group) is 1. The first-order chi connectivity index (χ1) is 11.5. The quantitative estimate of drug-likeness (QED) is 0.725. The molecule has 0 fully saturated rings. The number of anilines is 1. The Labute approximate surface area is 149 Å². The van der Waals surface area contributed by atoms with Gasteiger partial charge in [0, 0.05) is 4.88 Å². The highest BCUT2D eigenvalue weighted by Gasteiger charge is 2.25. The normalized spacial score (nSPS) is 14.9. The first-order valence-corrected chi connectivity index (χ1v) is 9.82. The lowest BCUT2D eigenvalue weighted by atomic mass is 9.95. The van der Waals surface area contributed by atoms with Gasteiger partial charge in [-0.15, -0.1) is 22.7 Å². The maximum atomic E-state index is 12.4. The highest BCUT2D eigenvalue weighted by molar-refractivity contribution is 7.17. The SMILES string of the molecule is C[NH+](CC(=O)Nc1sc2c(c1C(N)=O)CCCC2)Cc1cccs1. The summed E-state index contributed by atoms with van der Waals surface area (Å²) in [6, 6.07) is 4.09. The van der Waals surface area contributed by atoms with Crippen molar-refractivity contribution in [1.29, 1.82) is 0 Å². The second kappa shape index (κ2) is 7.46. The van der Waals surface area contributed by atoms with Crippen molar-refractivity contribution in [1.82, 2.24) is 0 Å². The summed E-state index contributed by atoms with van der Waals surface area (Å²) < 4.78 is 0. The highest BCUT2D eigenvalue weighted by atomic mass is 32.1. The summed E-state index contributed by atoms with van der Waals surface area (Å²) in [5, 5.41) is 5.59. The van der Waals surface area contributed by atoms with Crippen molar-refractivity contribution in [3.8, 4) is 0 Å². The van der Waals surface area contributed by atoms with Gasteiger partial charge < -0.3 is 16.0 Å². The molecule has 0 radical (unpaired) electrons. The number of quaternary nitrogens is 1. The molecule has 2 aromatic rings. The number of hydrogen-bond donors (Lipinski definition) is 3. The molecule has 1 aliphatic rings. The fourth-order valence-electron chi connectivity index (χ4n) is 3.13. The van der Waals surface area contributed by atoms with Crippen molar-refractivity contribution >= 4 is 39.5 Å². The molecule has 2 amide bonds. The van der Waals surface area contributed by atoms with Crippen molar-refractivity contribution in [3.63, 3.8) is 0 Å². The predicted octanol–water partition coefficient (Wildman–Crippen LogP) is 1.44. The Bertz CT molecular complexity index is 737. The van der Waals surface area contributed by atoms with E-state index in [1.165, 1.54) is 21.1 Å². The minimum atomic E-state index is -0.441. The number of primary amides is 1. The Kier molecular flexibility index (Phi) is 5.33. The van der Waals surface area contributed by atoms with Crippen LogP contribution in [0.25, 0.3) is 0 Å². The van der Waals surface area contributed by atoms with Crippen LogP contribution in [0.5, 0.6) is 0 Å². The first kappa shape index (κ1) is 17.1. The van der Waals surface area contributed by atoms with Crippen molar-refractivity contribution in [2.24, 2.45) is 5.73 Å². The lowest BCUT2D eigenvalue weighted by molar-refractivity contribution is -0.884. The molecule has 2 heterocycles. The third kappa shape index (κ3) is 3.85. The van der Waals surface area contributed by atoms with Crippen molar-refractivity contribution < 1.29 is 14.5 Å². The van der Waals surface area contributed by atoms with E-state index in [0.717, 1.165) is 42.7 Å². The zero-order valence-electron chi connectivity index (χ0n) is 13.7.